The van der Waals surface area contributed by atoms with Crippen LogP contribution in [0.5, 0.6) is 0 Å². The fraction of sp³-hybridized carbons (Fsp3) is 0.583. The van der Waals surface area contributed by atoms with Gasteiger partial charge in [0.1, 0.15) is 6.33 Å². The van der Waals surface area contributed by atoms with Gasteiger partial charge in [0.25, 0.3) is 11.7 Å². The second kappa shape index (κ2) is 6.00. The summed E-state index contributed by atoms with van der Waals surface area (Å²) >= 11 is 0. The van der Waals surface area contributed by atoms with Crippen LogP contribution in [0.2, 0.25) is 0 Å². The van der Waals surface area contributed by atoms with Crippen LogP contribution in [0.3, 0.4) is 0 Å². The minimum atomic E-state index is -0.348. The van der Waals surface area contributed by atoms with E-state index in [1.807, 2.05) is 0 Å². The van der Waals surface area contributed by atoms with Crippen molar-refractivity contribution in [1.29, 1.82) is 0 Å². The molecule has 0 aromatic carbocycles. The minimum absolute atomic E-state index is 0.0627. The third-order valence-electron chi connectivity index (χ3n) is 3.28. The van der Waals surface area contributed by atoms with Gasteiger partial charge in [-0.25, -0.2) is 4.98 Å². The minimum Gasteiger partial charge on any atom is -0.349 e. The van der Waals surface area contributed by atoms with Crippen LogP contribution >= 0.6 is 0 Å². The van der Waals surface area contributed by atoms with E-state index in [-0.39, 0.29) is 17.8 Å². The summed E-state index contributed by atoms with van der Waals surface area (Å²) in [5.41, 5.74) is 0. The molecule has 9 nitrogen and oxygen atoms in total. The summed E-state index contributed by atoms with van der Waals surface area (Å²) in [6.45, 7) is 1.36. The molecule has 0 radical (unpaired) electrons. The van der Waals surface area contributed by atoms with E-state index in [0.29, 0.717) is 24.7 Å². The van der Waals surface area contributed by atoms with Crippen LogP contribution in [0.4, 0.5) is 0 Å². The number of nitrogens with zero attached hydrogens (tertiary/aromatic N) is 5. The van der Waals surface area contributed by atoms with Gasteiger partial charge in [-0.05, 0) is 19.4 Å². The van der Waals surface area contributed by atoms with E-state index in [1.165, 1.54) is 0 Å². The highest BCUT2D eigenvalue weighted by Gasteiger charge is 2.24. The molecule has 1 aliphatic rings. The number of amides is 1. The maximum atomic E-state index is 11.9. The Morgan fingerprint density at radius 1 is 1.62 bits per heavy atom. The zero-order valence-electron chi connectivity index (χ0n) is 11.7. The Kier molecular flexibility index (Phi) is 3.91. The van der Waals surface area contributed by atoms with Crippen LogP contribution in [-0.2, 0) is 13.5 Å². The molecule has 0 saturated carbocycles. The van der Waals surface area contributed by atoms with Crippen LogP contribution < -0.4 is 10.6 Å². The normalized spacial score (nSPS) is 18.0. The van der Waals surface area contributed by atoms with Gasteiger partial charge >= 0.3 is 0 Å². The molecule has 1 saturated heterocycles. The highest BCUT2D eigenvalue weighted by atomic mass is 16.5. The van der Waals surface area contributed by atoms with Crippen LogP contribution in [-0.4, -0.2) is 43.9 Å². The highest BCUT2D eigenvalue weighted by Crippen LogP contribution is 2.20. The maximum Gasteiger partial charge on any atom is 0.292 e. The predicted molar refractivity (Wildman–Crippen MR) is 71.3 cm³/mol. The molecule has 1 atom stereocenters. The number of carbonyl (C=O) groups is 1. The van der Waals surface area contributed by atoms with E-state index < -0.39 is 0 Å². The van der Waals surface area contributed by atoms with E-state index in [2.05, 4.69) is 30.9 Å². The zero-order valence-corrected chi connectivity index (χ0v) is 11.7. The summed E-state index contributed by atoms with van der Waals surface area (Å²) in [6, 6.07) is 0.0665. The van der Waals surface area contributed by atoms with Crippen molar-refractivity contribution in [2.45, 2.75) is 25.3 Å². The van der Waals surface area contributed by atoms with Gasteiger partial charge in [0.2, 0.25) is 5.89 Å². The molecule has 2 N–H and O–H groups in total. The molecule has 2 aromatic rings. The largest absolute Gasteiger partial charge is 0.349 e. The number of hydrogen-bond donors (Lipinski definition) is 2. The summed E-state index contributed by atoms with van der Waals surface area (Å²) < 4.78 is 6.75. The monoisotopic (exact) mass is 291 g/mol. The second-order valence-electron chi connectivity index (χ2n) is 4.95. The fourth-order valence-electron chi connectivity index (χ4n) is 2.23. The Balaban J connectivity index is 1.50. The fourth-order valence-corrected chi connectivity index (χ4v) is 2.23. The molecule has 112 valence electrons. The molecular formula is C12H17N7O2. The van der Waals surface area contributed by atoms with Gasteiger partial charge in [-0.15, -0.1) is 0 Å². The topological polar surface area (TPSA) is 111 Å². The third-order valence-corrected chi connectivity index (χ3v) is 3.28. The van der Waals surface area contributed by atoms with Crippen molar-refractivity contribution in [3.63, 3.8) is 0 Å². The van der Waals surface area contributed by atoms with E-state index >= 15 is 0 Å². The molecule has 21 heavy (non-hydrogen) atoms. The second-order valence-corrected chi connectivity index (χ2v) is 4.95. The van der Waals surface area contributed by atoms with Crippen molar-refractivity contribution in [1.82, 2.24) is 35.5 Å². The Morgan fingerprint density at radius 3 is 3.24 bits per heavy atom. The number of rotatable bonds is 5. The molecule has 0 aliphatic carbocycles. The molecular weight excluding hydrogens is 274 g/mol. The van der Waals surface area contributed by atoms with Crippen LogP contribution in [0.15, 0.2) is 10.9 Å². The van der Waals surface area contributed by atoms with E-state index in [1.54, 1.807) is 18.1 Å². The van der Waals surface area contributed by atoms with Crippen molar-refractivity contribution in [3.8, 4) is 0 Å². The van der Waals surface area contributed by atoms with Gasteiger partial charge < -0.3 is 15.2 Å². The summed E-state index contributed by atoms with van der Waals surface area (Å²) in [5, 5.41) is 13.8. The maximum absolute atomic E-state index is 11.9. The number of carbonyl (C=O) groups excluding carboxylic acids is 1. The molecule has 1 unspecified atom stereocenters. The van der Waals surface area contributed by atoms with Gasteiger partial charge in [0, 0.05) is 20.0 Å². The lowest BCUT2D eigenvalue weighted by atomic mass is 10.2. The number of aryl methyl sites for hydroxylation is 1. The lowest BCUT2D eigenvalue weighted by molar-refractivity contribution is 0.0940. The average Bonchev–Trinajstić information content (AvgIpc) is 3.19. The quantitative estimate of drug-likeness (QED) is 0.770. The van der Waals surface area contributed by atoms with Gasteiger partial charge in [-0.1, -0.05) is 5.16 Å². The summed E-state index contributed by atoms with van der Waals surface area (Å²) in [5.74, 6) is 0.873. The highest BCUT2D eigenvalue weighted by molar-refractivity contribution is 5.90. The van der Waals surface area contributed by atoms with Crippen LogP contribution in [0, 0.1) is 0 Å². The van der Waals surface area contributed by atoms with Crippen molar-refractivity contribution >= 4 is 5.91 Å². The first kappa shape index (κ1) is 13.7. The van der Waals surface area contributed by atoms with E-state index in [9.17, 15) is 4.79 Å². The van der Waals surface area contributed by atoms with Gasteiger partial charge in [0.05, 0.1) is 6.04 Å². The number of aromatic nitrogens is 5. The lowest BCUT2D eigenvalue weighted by Gasteiger charge is -2.01. The number of hydrogen-bond acceptors (Lipinski definition) is 7. The Morgan fingerprint density at radius 2 is 2.52 bits per heavy atom. The van der Waals surface area contributed by atoms with Crippen LogP contribution in [0.25, 0.3) is 0 Å². The first-order chi connectivity index (χ1) is 10.2. The summed E-state index contributed by atoms with van der Waals surface area (Å²) in [7, 11) is 1.80. The van der Waals surface area contributed by atoms with Gasteiger partial charge in [-0.3, -0.25) is 9.48 Å². The molecule has 0 bridgehead atoms. The van der Waals surface area contributed by atoms with E-state index in [0.717, 1.165) is 19.4 Å². The van der Waals surface area contributed by atoms with Crippen molar-refractivity contribution in [3.05, 3.63) is 23.9 Å². The predicted octanol–water partition coefficient (Wildman–Crippen LogP) is -0.405. The average molecular weight is 291 g/mol. The SMILES string of the molecule is Cn1cnc(CCNC(=O)c2noc(C3CCCN3)n2)n1. The van der Waals surface area contributed by atoms with Crippen molar-refractivity contribution in [2.75, 3.05) is 13.1 Å². The molecule has 3 heterocycles. The van der Waals surface area contributed by atoms with Crippen molar-refractivity contribution in [2.24, 2.45) is 7.05 Å². The summed E-state index contributed by atoms with van der Waals surface area (Å²) in [6.07, 6.45) is 4.21. The Hall–Kier alpha value is -2.29. The Bertz CT molecular complexity index is 615. The lowest BCUT2D eigenvalue weighted by Crippen LogP contribution is -2.27. The third kappa shape index (κ3) is 3.24. The first-order valence-electron chi connectivity index (χ1n) is 6.92. The molecule has 1 aliphatic heterocycles. The van der Waals surface area contributed by atoms with Gasteiger partial charge in [0.15, 0.2) is 5.82 Å². The number of nitrogens with one attached hydrogen (secondary N) is 2. The first-order valence-corrected chi connectivity index (χ1v) is 6.92. The van der Waals surface area contributed by atoms with Crippen molar-refractivity contribution < 1.29 is 9.32 Å². The molecule has 9 heteroatoms. The van der Waals surface area contributed by atoms with E-state index in [4.69, 9.17) is 4.52 Å². The molecule has 1 fully saturated rings. The van der Waals surface area contributed by atoms with Crippen LogP contribution in [0.1, 0.15) is 41.2 Å². The zero-order chi connectivity index (χ0) is 14.7. The Labute approximate surface area is 121 Å². The smallest absolute Gasteiger partial charge is 0.292 e. The molecule has 2 aromatic heterocycles. The van der Waals surface area contributed by atoms with Gasteiger partial charge in [-0.2, -0.15) is 10.1 Å². The molecule has 3 rings (SSSR count). The standard InChI is InChI=1S/C12H17N7O2/c1-19-7-15-9(17-19)4-6-14-11(20)10-16-12(21-18-10)8-3-2-5-13-8/h7-8,13H,2-6H2,1H3,(H,14,20). The molecule has 0 spiro atoms. The molecule has 1 amide bonds. The summed E-state index contributed by atoms with van der Waals surface area (Å²) in [4.78, 5) is 20.1.